The number of nitrogens with zero attached hydrogens (tertiary/aromatic N) is 1. The Morgan fingerprint density at radius 3 is 2.67 bits per heavy atom. The van der Waals surface area contributed by atoms with Gasteiger partial charge in [0.25, 0.3) is 5.44 Å². The second-order valence-electron chi connectivity index (χ2n) is 1.69. The third kappa shape index (κ3) is 1.58. The molecule has 0 saturated carbocycles. The Balaban J connectivity index is 2.98. The number of hydrogen-bond donors (Lipinski definition) is 0. The van der Waals surface area contributed by atoms with Crippen molar-refractivity contribution in [2.24, 2.45) is 0 Å². The van der Waals surface area contributed by atoms with Gasteiger partial charge in [0, 0.05) is 12.3 Å². The normalized spacial score (nSPS) is 11.0. The molecule has 2 nitrogen and oxygen atoms in total. The zero-order valence-corrected chi connectivity index (χ0v) is 6.01. The van der Waals surface area contributed by atoms with E-state index < -0.39 is 7.80 Å². The van der Waals surface area contributed by atoms with Crippen LogP contribution in [0.1, 0.15) is 0 Å². The van der Waals surface area contributed by atoms with Crippen LogP contribution in [0.2, 0.25) is 0 Å². The highest BCUT2D eigenvalue weighted by Gasteiger charge is 2.10. The van der Waals surface area contributed by atoms with Gasteiger partial charge in [-0.3, -0.25) is 0 Å². The summed E-state index contributed by atoms with van der Waals surface area (Å²) >= 11 is 0. The maximum atomic E-state index is 10.7. The molecule has 0 aliphatic rings. The van der Waals surface area contributed by atoms with Crippen molar-refractivity contribution >= 4 is 13.2 Å². The molecule has 1 heterocycles. The first-order valence-corrected chi connectivity index (χ1v) is 4.33. The molecule has 46 valence electrons. The molecule has 1 rings (SSSR count). The van der Waals surface area contributed by atoms with E-state index in [1.54, 1.807) is 18.9 Å². The molecule has 0 aliphatic heterocycles. The first-order valence-electron chi connectivity index (χ1n) is 2.62. The Morgan fingerprint density at radius 2 is 2.33 bits per heavy atom. The van der Waals surface area contributed by atoms with Crippen molar-refractivity contribution in [2.75, 3.05) is 6.66 Å². The van der Waals surface area contributed by atoms with Gasteiger partial charge in [-0.2, -0.15) is 0 Å². The lowest BCUT2D eigenvalue weighted by atomic mass is 10.5. The summed E-state index contributed by atoms with van der Waals surface area (Å²) in [5, 5.41) is 0. The van der Waals surface area contributed by atoms with Crippen molar-refractivity contribution in [3.05, 3.63) is 24.4 Å². The van der Waals surface area contributed by atoms with Crippen LogP contribution in [0, 0.1) is 0 Å². The fourth-order valence-electron chi connectivity index (χ4n) is 0.540. The van der Waals surface area contributed by atoms with E-state index in [1.807, 2.05) is 12.1 Å². The van der Waals surface area contributed by atoms with Crippen LogP contribution in [0.3, 0.4) is 0 Å². The number of hydrogen-bond acceptors (Lipinski definition) is 2. The number of rotatable bonds is 1. The lowest BCUT2D eigenvalue weighted by molar-refractivity contribution is 0.596. The fourth-order valence-corrected chi connectivity index (χ4v) is 1.07. The first-order chi connectivity index (χ1) is 4.30. The minimum Gasteiger partial charge on any atom is -0.213 e. The number of pyridine rings is 1. The van der Waals surface area contributed by atoms with Gasteiger partial charge >= 0.3 is 7.80 Å². The van der Waals surface area contributed by atoms with Gasteiger partial charge in [-0.15, -0.1) is 0 Å². The molecule has 0 saturated heterocycles. The van der Waals surface area contributed by atoms with Gasteiger partial charge < -0.3 is 0 Å². The molecular formula is C6H7NOP+. The van der Waals surface area contributed by atoms with Crippen molar-refractivity contribution in [3.8, 4) is 0 Å². The molecule has 0 bridgehead atoms. The van der Waals surface area contributed by atoms with Crippen LogP contribution >= 0.6 is 7.80 Å². The third-order valence-electron chi connectivity index (χ3n) is 0.972. The van der Waals surface area contributed by atoms with Crippen molar-refractivity contribution in [1.82, 2.24) is 4.98 Å². The van der Waals surface area contributed by atoms with E-state index in [4.69, 9.17) is 0 Å². The van der Waals surface area contributed by atoms with Gasteiger partial charge in [0.1, 0.15) is 6.66 Å². The average molecular weight is 140 g/mol. The summed E-state index contributed by atoms with van der Waals surface area (Å²) in [5.41, 5.74) is 0.674. The Labute approximate surface area is 54.7 Å². The second kappa shape index (κ2) is 2.70. The summed E-state index contributed by atoms with van der Waals surface area (Å²) in [6.07, 6.45) is 1.64. The monoisotopic (exact) mass is 140 g/mol. The smallest absolute Gasteiger partial charge is 0.213 e. The zero-order chi connectivity index (χ0) is 6.69. The highest BCUT2D eigenvalue weighted by molar-refractivity contribution is 7.52. The predicted molar refractivity (Wildman–Crippen MR) is 37.4 cm³/mol. The maximum absolute atomic E-state index is 10.7. The van der Waals surface area contributed by atoms with Crippen molar-refractivity contribution in [1.29, 1.82) is 0 Å². The van der Waals surface area contributed by atoms with Gasteiger partial charge in [-0.1, -0.05) is 10.6 Å². The average Bonchev–Trinajstić information content (AvgIpc) is 1.90. The minimum atomic E-state index is -1.26. The standard InChI is InChI=1S/C6H7NOP/c1-9(8)6-4-2-3-5-7-6/h2-5H,1H3/q+1. The van der Waals surface area contributed by atoms with Crippen molar-refractivity contribution in [3.63, 3.8) is 0 Å². The summed E-state index contributed by atoms with van der Waals surface area (Å²) in [6, 6.07) is 5.40. The van der Waals surface area contributed by atoms with E-state index in [0.29, 0.717) is 5.44 Å². The quantitative estimate of drug-likeness (QED) is 0.548. The molecule has 0 amide bonds. The molecule has 0 fully saturated rings. The number of aromatic nitrogens is 1. The van der Waals surface area contributed by atoms with Gasteiger partial charge in [0.15, 0.2) is 0 Å². The molecule has 1 atom stereocenters. The van der Waals surface area contributed by atoms with E-state index in [-0.39, 0.29) is 0 Å². The SMILES string of the molecule is C[P+](=O)c1ccccn1. The van der Waals surface area contributed by atoms with Crippen LogP contribution in [0.25, 0.3) is 0 Å². The van der Waals surface area contributed by atoms with Crippen LogP contribution in [0.15, 0.2) is 24.4 Å². The van der Waals surface area contributed by atoms with Gasteiger partial charge in [0.05, 0.1) is 0 Å². The summed E-state index contributed by atoms with van der Waals surface area (Å²) in [7, 11) is -1.26. The Kier molecular flexibility index (Phi) is 1.91. The van der Waals surface area contributed by atoms with E-state index in [9.17, 15) is 4.57 Å². The molecule has 1 aromatic rings. The van der Waals surface area contributed by atoms with E-state index in [2.05, 4.69) is 4.98 Å². The predicted octanol–water partition coefficient (Wildman–Crippen LogP) is 1.16. The van der Waals surface area contributed by atoms with Crippen molar-refractivity contribution in [2.45, 2.75) is 0 Å². The molecule has 9 heavy (non-hydrogen) atoms. The summed E-state index contributed by atoms with van der Waals surface area (Å²) in [5.74, 6) is 0. The molecule has 1 unspecified atom stereocenters. The molecule has 0 aliphatic carbocycles. The second-order valence-corrected chi connectivity index (χ2v) is 3.14. The van der Waals surface area contributed by atoms with Crippen LogP contribution in [0.4, 0.5) is 0 Å². The molecule has 3 heteroatoms. The fraction of sp³-hybridized carbons (Fsp3) is 0.167. The van der Waals surface area contributed by atoms with Crippen LogP contribution in [-0.2, 0) is 4.57 Å². The van der Waals surface area contributed by atoms with Crippen LogP contribution < -0.4 is 5.44 Å². The molecular weight excluding hydrogens is 133 g/mol. The van der Waals surface area contributed by atoms with E-state index >= 15 is 0 Å². The zero-order valence-electron chi connectivity index (χ0n) is 5.11. The summed E-state index contributed by atoms with van der Waals surface area (Å²) in [4.78, 5) is 3.89. The topological polar surface area (TPSA) is 30.0 Å². The minimum absolute atomic E-state index is 0.674. The third-order valence-corrected chi connectivity index (χ3v) is 1.88. The lowest BCUT2D eigenvalue weighted by Crippen LogP contribution is -1.98. The van der Waals surface area contributed by atoms with Gasteiger partial charge in [-0.25, -0.2) is 4.98 Å². The first kappa shape index (κ1) is 6.37. The molecule has 0 aromatic carbocycles. The molecule has 0 radical (unpaired) electrons. The van der Waals surface area contributed by atoms with E-state index in [1.165, 1.54) is 0 Å². The highest BCUT2D eigenvalue weighted by Crippen LogP contribution is 2.09. The molecule has 0 spiro atoms. The maximum Gasteiger partial charge on any atom is 0.393 e. The van der Waals surface area contributed by atoms with Crippen LogP contribution in [-0.4, -0.2) is 11.6 Å². The molecule has 1 aromatic heterocycles. The largest absolute Gasteiger partial charge is 0.393 e. The Bertz CT molecular complexity index is 210. The van der Waals surface area contributed by atoms with Gasteiger partial charge in [-0.05, 0) is 6.07 Å². The summed E-state index contributed by atoms with van der Waals surface area (Å²) in [6.45, 7) is 1.65. The van der Waals surface area contributed by atoms with Gasteiger partial charge in [0.2, 0.25) is 0 Å². The lowest BCUT2D eigenvalue weighted by Gasteiger charge is -1.78. The summed E-state index contributed by atoms with van der Waals surface area (Å²) < 4.78 is 10.7. The van der Waals surface area contributed by atoms with Crippen molar-refractivity contribution < 1.29 is 4.57 Å². The van der Waals surface area contributed by atoms with E-state index in [0.717, 1.165) is 0 Å². The highest BCUT2D eigenvalue weighted by atomic mass is 31.1. The molecule has 0 N–H and O–H groups in total. The van der Waals surface area contributed by atoms with Crippen LogP contribution in [0.5, 0.6) is 0 Å². The Morgan fingerprint density at radius 1 is 1.56 bits per heavy atom. The Hall–Kier alpha value is -0.750.